The van der Waals surface area contributed by atoms with Crippen LogP contribution >= 0.6 is 0 Å². The second-order valence-corrected chi connectivity index (χ2v) is 4.89. The van der Waals surface area contributed by atoms with E-state index < -0.39 is 8.96 Å². The Hall–Kier alpha value is -0.313. The smallest absolute Gasteiger partial charge is 0.214 e. The summed E-state index contributed by atoms with van der Waals surface area (Å²) < 4.78 is 0. The van der Waals surface area contributed by atoms with E-state index in [0.717, 1.165) is 0 Å². The van der Waals surface area contributed by atoms with Crippen LogP contribution in [0.15, 0.2) is 0 Å². The normalized spacial score (nSPS) is 10.4. The van der Waals surface area contributed by atoms with Crippen molar-refractivity contribution in [2.75, 3.05) is 0 Å². The summed E-state index contributed by atoms with van der Waals surface area (Å²) in [6, 6.07) is 0. The van der Waals surface area contributed by atoms with Gasteiger partial charge in [0.05, 0.1) is 0 Å². The molecule has 0 saturated carbocycles. The van der Waals surface area contributed by atoms with E-state index >= 15 is 0 Å². The topological polar surface area (TPSA) is 29.1 Å². The van der Waals surface area contributed by atoms with Gasteiger partial charge >= 0.3 is 0 Å². The predicted molar refractivity (Wildman–Crippen MR) is 40.5 cm³/mol. The van der Waals surface area contributed by atoms with Gasteiger partial charge in [0.25, 0.3) is 0 Å². The molecule has 0 saturated heterocycles. The molecular formula is C6H14NOSi. The minimum absolute atomic E-state index is 0.130. The fourth-order valence-electron chi connectivity index (χ4n) is 0.391. The van der Waals surface area contributed by atoms with Crippen LogP contribution in [0.3, 0.4) is 0 Å². The van der Waals surface area contributed by atoms with Crippen LogP contribution in [0.2, 0.25) is 13.1 Å². The minimum atomic E-state index is -0.578. The zero-order valence-corrected chi connectivity index (χ0v) is 7.49. The average Bonchev–Trinajstić information content (AvgIpc) is 1.63. The molecule has 1 amide bonds. The Balaban J connectivity index is 3.51. The molecule has 0 atom stereocenters. The lowest BCUT2D eigenvalue weighted by molar-refractivity contribution is -0.122. The molecule has 0 spiro atoms. The molecule has 0 aromatic carbocycles. The van der Waals surface area contributed by atoms with Gasteiger partial charge in [-0.15, -0.1) is 0 Å². The SMILES string of the molecule is CC(C)C(=O)N[Si](C)C. The van der Waals surface area contributed by atoms with E-state index in [0.29, 0.717) is 0 Å². The second-order valence-electron chi connectivity index (χ2n) is 2.64. The van der Waals surface area contributed by atoms with Crippen LogP contribution in [0.25, 0.3) is 0 Å². The van der Waals surface area contributed by atoms with Crippen LogP contribution in [0, 0.1) is 5.92 Å². The first-order valence-corrected chi connectivity index (χ1v) is 5.65. The molecule has 1 radical (unpaired) electrons. The fraction of sp³-hybridized carbons (Fsp3) is 0.833. The van der Waals surface area contributed by atoms with Crippen LogP contribution in [-0.4, -0.2) is 14.9 Å². The molecule has 0 aliphatic heterocycles. The van der Waals surface area contributed by atoms with Crippen molar-refractivity contribution >= 4 is 14.9 Å². The highest BCUT2D eigenvalue weighted by atomic mass is 28.3. The van der Waals surface area contributed by atoms with Crippen molar-refractivity contribution in [2.24, 2.45) is 5.92 Å². The van der Waals surface area contributed by atoms with E-state index in [4.69, 9.17) is 0 Å². The average molecular weight is 144 g/mol. The Morgan fingerprint density at radius 1 is 1.44 bits per heavy atom. The Labute approximate surface area is 58.3 Å². The van der Waals surface area contributed by atoms with Gasteiger partial charge in [-0.25, -0.2) is 0 Å². The zero-order chi connectivity index (χ0) is 7.44. The molecule has 0 fully saturated rings. The Morgan fingerprint density at radius 3 is 2.00 bits per heavy atom. The Morgan fingerprint density at radius 2 is 1.89 bits per heavy atom. The molecule has 53 valence electrons. The summed E-state index contributed by atoms with van der Waals surface area (Å²) in [6.07, 6.45) is 0. The van der Waals surface area contributed by atoms with E-state index in [2.05, 4.69) is 18.1 Å². The Kier molecular flexibility index (Phi) is 3.54. The highest BCUT2D eigenvalue weighted by Gasteiger charge is 2.07. The van der Waals surface area contributed by atoms with Gasteiger partial charge in [0, 0.05) is 5.92 Å². The van der Waals surface area contributed by atoms with Crippen molar-refractivity contribution < 1.29 is 4.79 Å². The molecule has 2 nitrogen and oxygen atoms in total. The minimum Gasteiger partial charge on any atom is -0.382 e. The lowest BCUT2D eigenvalue weighted by Gasteiger charge is -2.07. The van der Waals surface area contributed by atoms with Crippen LogP contribution in [0.4, 0.5) is 0 Å². The third-order valence-electron chi connectivity index (χ3n) is 0.898. The summed E-state index contributed by atoms with van der Waals surface area (Å²) in [5, 5.41) is 0. The first kappa shape index (κ1) is 8.69. The highest BCUT2D eigenvalue weighted by Crippen LogP contribution is 1.90. The van der Waals surface area contributed by atoms with Crippen molar-refractivity contribution in [3.05, 3.63) is 0 Å². The highest BCUT2D eigenvalue weighted by molar-refractivity contribution is 6.56. The first-order chi connectivity index (χ1) is 4.04. The van der Waals surface area contributed by atoms with E-state index in [-0.39, 0.29) is 11.8 Å². The van der Waals surface area contributed by atoms with Gasteiger partial charge in [-0.2, -0.15) is 0 Å². The number of hydrogen-bond donors (Lipinski definition) is 1. The summed E-state index contributed by atoms with van der Waals surface area (Å²) in [7, 11) is -0.578. The van der Waals surface area contributed by atoms with Crippen LogP contribution in [-0.2, 0) is 4.79 Å². The van der Waals surface area contributed by atoms with Crippen molar-refractivity contribution in [1.82, 2.24) is 4.98 Å². The van der Waals surface area contributed by atoms with Gasteiger partial charge in [-0.1, -0.05) is 26.9 Å². The number of amides is 1. The number of carbonyl (C=O) groups is 1. The number of hydrogen-bond acceptors (Lipinski definition) is 1. The zero-order valence-electron chi connectivity index (χ0n) is 6.49. The van der Waals surface area contributed by atoms with Gasteiger partial charge in [0.15, 0.2) is 8.96 Å². The van der Waals surface area contributed by atoms with Gasteiger partial charge in [-0.05, 0) is 0 Å². The van der Waals surface area contributed by atoms with Crippen LogP contribution in [0.5, 0.6) is 0 Å². The van der Waals surface area contributed by atoms with Gasteiger partial charge in [0.2, 0.25) is 5.91 Å². The van der Waals surface area contributed by atoms with E-state index in [1.54, 1.807) is 0 Å². The lowest BCUT2D eigenvalue weighted by atomic mass is 10.2. The quantitative estimate of drug-likeness (QED) is 0.576. The molecule has 0 heterocycles. The summed E-state index contributed by atoms with van der Waals surface area (Å²) in [4.78, 5) is 13.8. The van der Waals surface area contributed by atoms with E-state index in [1.165, 1.54) is 0 Å². The summed E-state index contributed by atoms with van der Waals surface area (Å²) >= 11 is 0. The maximum atomic E-state index is 10.9. The summed E-state index contributed by atoms with van der Waals surface area (Å²) in [5.41, 5.74) is 0. The third kappa shape index (κ3) is 4.21. The number of nitrogens with one attached hydrogen (secondary N) is 1. The number of carbonyl (C=O) groups excluding carboxylic acids is 1. The Bertz CT molecular complexity index is 101. The fourth-order valence-corrected chi connectivity index (χ4v) is 1.17. The molecule has 0 aromatic heterocycles. The largest absolute Gasteiger partial charge is 0.382 e. The molecule has 0 aliphatic carbocycles. The molecule has 0 aromatic rings. The van der Waals surface area contributed by atoms with Crippen molar-refractivity contribution in [2.45, 2.75) is 26.9 Å². The molecule has 3 heteroatoms. The molecule has 9 heavy (non-hydrogen) atoms. The van der Waals surface area contributed by atoms with Crippen molar-refractivity contribution in [3.8, 4) is 0 Å². The van der Waals surface area contributed by atoms with Crippen molar-refractivity contribution in [1.29, 1.82) is 0 Å². The third-order valence-corrected chi connectivity index (χ3v) is 1.64. The van der Waals surface area contributed by atoms with E-state index in [9.17, 15) is 4.79 Å². The maximum Gasteiger partial charge on any atom is 0.214 e. The monoisotopic (exact) mass is 144 g/mol. The van der Waals surface area contributed by atoms with E-state index in [1.807, 2.05) is 13.8 Å². The van der Waals surface area contributed by atoms with Crippen molar-refractivity contribution in [3.63, 3.8) is 0 Å². The molecule has 0 unspecified atom stereocenters. The lowest BCUT2D eigenvalue weighted by Crippen LogP contribution is -2.36. The molecule has 0 bridgehead atoms. The van der Waals surface area contributed by atoms with Crippen LogP contribution in [0.1, 0.15) is 13.8 Å². The summed E-state index contributed by atoms with van der Waals surface area (Å²) in [5.74, 6) is 0.304. The summed E-state index contributed by atoms with van der Waals surface area (Å²) in [6.45, 7) is 7.93. The molecule has 0 aliphatic rings. The number of rotatable bonds is 2. The molecular weight excluding hydrogens is 130 g/mol. The standard InChI is InChI=1S/C6H14NOSi/c1-5(2)6(8)7-9(3)4/h5H,1-4H3,(H,7,8). The first-order valence-electron chi connectivity index (χ1n) is 3.15. The van der Waals surface area contributed by atoms with Gasteiger partial charge < -0.3 is 4.98 Å². The molecule has 1 N–H and O–H groups in total. The van der Waals surface area contributed by atoms with Gasteiger partial charge in [-0.3, -0.25) is 4.79 Å². The maximum absolute atomic E-state index is 10.9. The van der Waals surface area contributed by atoms with Gasteiger partial charge in [0.1, 0.15) is 0 Å². The predicted octanol–water partition coefficient (Wildman–Crippen LogP) is 1.01. The van der Waals surface area contributed by atoms with Crippen LogP contribution < -0.4 is 4.98 Å². The molecule has 0 rings (SSSR count). The second kappa shape index (κ2) is 3.66.